The fourth-order valence-corrected chi connectivity index (χ4v) is 4.64. The average Bonchev–Trinajstić information content (AvgIpc) is 3.07. The van der Waals surface area contributed by atoms with E-state index in [0.717, 1.165) is 5.69 Å². The molecule has 0 aliphatic carbocycles. The normalized spacial score (nSPS) is 23.0. The van der Waals surface area contributed by atoms with Crippen molar-refractivity contribution in [2.75, 3.05) is 19.6 Å². The summed E-state index contributed by atoms with van der Waals surface area (Å²) in [5, 5.41) is 7.42. The lowest BCUT2D eigenvalue weighted by Gasteiger charge is -2.44. The minimum absolute atomic E-state index is 0.0944. The summed E-state index contributed by atoms with van der Waals surface area (Å²) in [4.78, 5) is 15.3. The van der Waals surface area contributed by atoms with Gasteiger partial charge in [0.05, 0.1) is 23.1 Å². The first-order valence-electron chi connectivity index (χ1n) is 9.96. The number of hydrogen-bond donors (Lipinski definition) is 1. The third-order valence-electron chi connectivity index (χ3n) is 6.06. The number of carbonyl (C=O) groups excluding carboxylic acids is 1. The second-order valence-corrected chi connectivity index (χ2v) is 7.75. The molecule has 6 heteroatoms. The van der Waals surface area contributed by atoms with Gasteiger partial charge in [-0.3, -0.25) is 4.79 Å². The summed E-state index contributed by atoms with van der Waals surface area (Å²) in [5.41, 5.74) is 1.90. The van der Waals surface area contributed by atoms with E-state index in [1.807, 2.05) is 6.92 Å². The van der Waals surface area contributed by atoms with Crippen molar-refractivity contribution in [3.8, 4) is 5.69 Å². The van der Waals surface area contributed by atoms with Crippen LogP contribution in [0.25, 0.3) is 5.69 Å². The summed E-state index contributed by atoms with van der Waals surface area (Å²) < 4.78 is 15.1. The van der Waals surface area contributed by atoms with Gasteiger partial charge in [0.2, 0.25) is 0 Å². The van der Waals surface area contributed by atoms with Crippen molar-refractivity contribution in [1.82, 2.24) is 20.0 Å². The van der Waals surface area contributed by atoms with Gasteiger partial charge in [-0.15, -0.1) is 0 Å². The summed E-state index contributed by atoms with van der Waals surface area (Å²) in [6.07, 6.45) is 7.82. The van der Waals surface area contributed by atoms with Gasteiger partial charge in [0, 0.05) is 12.6 Å². The van der Waals surface area contributed by atoms with Crippen molar-refractivity contribution < 1.29 is 9.18 Å². The Kier molecular flexibility index (Phi) is 5.25. The summed E-state index contributed by atoms with van der Waals surface area (Å²) in [6, 6.07) is 6.86. The molecule has 2 saturated heterocycles. The average molecular weight is 370 g/mol. The number of carbonyl (C=O) groups is 1. The van der Waals surface area contributed by atoms with Crippen molar-refractivity contribution in [3.63, 3.8) is 0 Å². The molecular weight excluding hydrogens is 343 g/mol. The molecule has 4 rings (SSSR count). The fraction of sp³-hybridized carbons (Fsp3) is 0.524. The molecule has 2 fully saturated rings. The van der Waals surface area contributed by atoms with Crippen LogP contribution >= 0.6 is 0 Å². The number of halogens is 1. The number of aromatic nitrogens is 2. The van der Waals surface area contributed by atoms with Gasteiger partial charge in [-0.1, -0.05) is 12.5 Å². The number of nitrogens with zero attached hydrogens (tertiary/aromatic N) is 3. The van der Waals surface area contributed by atoms with E-state index >= 15 is 0 Å². The highest BCUT2D eigenvalue weighted by molar-refractivity contribution is 5.95. The van der Waals surface area contributed by atoms with Gasteiger partial charge in [-0.2, -0.15) is 5.10 Å². The lowest BCUT2D eigenvalue weighted by molar-refractivity contribution is 0.0575. The van der Waals surface area contributed by atoms with Gasteiger partial charge in [-0.25, -0.2) is 9.07 Å². The Balaban J connectivity index is 1.43. The molecular formula is C21H27FN4O. The molecule has 2 aromatic rings. The number of amides is 1. The van der Waals surface area contributed by atoms with E-state index in [-0.39, 0.29) is 11.7 Å². The predicted octanol–water partition coefficient (Wildman–Crippen LogP) is 3.31. The summed E-state index contributed by atoms with van der Waals surface area (Å²) in [6.45, 7) is 4.96. The Hall–Kier alpha value is -2.21. The van der Waals surface area contributed by atoms with Crippen LogP contribution in [-0.2, 0) is 0 Å². The van der Waals surface area contributed by atoms with E-state index in [9.17, 15) is 9.18 Å². The van der Waals surface area contributed by atoms with Gasteiger partial charge < -0.3 is 10.2 Å². The van der Waals surface area contributed by atoms with Crippen molar-refractivity contribution in [2.45, 2.75) is 45.1 Å². The summed E-state index contributed by atoms with van der Waals surface area (Å²) in [5.74, 6) is 0.118. The zero-order valence-corrected chi connectivity index (χ0v) is 15.8. The van der Waals surface area contributed by atoms with Crippen LogP contribution < -0.4 is 5.32 Å². The molecule has 1 aromatic carbocycles. The summed E-state index contributed by atoms with van der Waals surface area (Å²) >= 11 is 0. The quantitative estimate of drug-likeness (QED) is 0.898. The lowest BCUT2D eigenvalue weighted by Crippen LogP contribution is -2.51. The van der Waals surface area contributed by atoms with Crippen LogP contribution in [0.3, 0.4) is 0 Å². The zero-order valence-electron chi connectivity index (χ0n) is 15.8. The van der Waals surface area contributed by atoms with E-state index < -0.39 is 0 Å². The highest BCUT2D eigenvalue weighted by atomic mass is 19.1. The number of benzene rings is 1. The van der Waals surface area contributed by atoms with Gasteiger partial charge in [0.1, 0.15) is 5.82 Å². The maximum Gasteiger partial charge on any atom is 0.254 e. The Bertz CT molecular complexity index is 816. The molecule has 0 spiro atoms. The molecule has 0 bridgehead atoms. The predicted molar refractivity (Wildman–Crippen MR) is 103 cm³/mol. The zero-order chi connectivity index (χ0) is 18.8. The Labute approximate surface area is 159 Å². The van der Waals surface area contributed by atoms with Crippen LogP contribution in [0, 0.1) is 18.7 Å². The van der Waals surface area contributed by atoms with Crippen molar-refractivity contribution in [3.05, 3.63) is 47.5 Å². The molecule has 1 amide bonds. The fourth-order valence-electron chi connectivity index (χ4n) is 4.64. The Morgan fingerprint density at radius 3 is 2.96 bits per heavy atom. The second kappa shape index (κ2) is 7.80. The first-order valence-corrected chi connectivity index (χ1v) is 9.96. The largest absolute Gasteiger partial charge is 0.352 e. The van der Waals surface area contributed by atoms with Crippen LogP contribution in [0.2, 0.25) is 0 Å². The smallest absolute Gasteiger partial charge is 0.254 e. The molecule has 2 atom stereocenters. The van der Waals surface area contributed by atoms with Gasteiger partial charge in [0.25, 0.3) is 5.91 Å². The van der Waals surface area contributed by atoms with Gasteiger partial charge >= 0.3 is 0 Å². The molecule has 0 saturated carbocycles. The van der Waals surface area contributed by atoms with Crippen LogP contribution in [0.5, 0.6) is 0 Å². The number of fused-ring (bicyclic) bond motifs is 1. The third-order valence-corrected chi connectivity index (χ3v) is 6.06. The molecule has 144 valence electrons. The van der Waals surface area contributed by atoms with Crippen LogP contribution in [0.1, 0.15) is 48.2 Å². The molecule has 5 nitrogen and oxygen atoms in total. The SMILES string of the molecule is Cc1c(C(=O)NC[C@@H]2CCCN3CCCC[C@@H]23)cnn1-c1cccc(F)c1. The molecule has 0 radical (unpaired) electrons. The number of hydrogen-bond acceptors (Lipinski definition) is 3. The number of nitrogens with one attached hydrogen (secondary N) is 1. The minimum Gasteiger partial charge on any atom is -0.352 e. The molecule has 0 unspecified atom stereocenters. The first kappa shape index (κ1) is 18.2. The molecule has 2 aliphatic heterocycles. The molecule has 3 heterocycles. The highest BCUT2D eigenvalue weighted by Gasteiger charge is 2.33. The maximum absolute atomic E-state index is 13.5. The topological polar surface area (TPSA) is 50.2 Å². The van der Waals surface area contributed by atoms with Gasteiger partial charge in [-0.05, 0) is 69.8 Å². The van der Waals surface area contributed by atoms with E-state index in [0.29, 0.717) is 29.8 Å². The molecule has 27 heavy (non-hydrogen) atoms. The first-order chi connectivity index (χ1) is 13.1. The van der Waals surface area contributed by atoms with Crippen LogP contribution in [0.4, 0.5) is 4.39 Å². The van der Waals surface area contributed by atoms with E-state index in [4.69, 9.17) is 0 Å². The van der Waals surface area contributed by atoms with E-state index in [2.05, 4.69) is 15.3 Å². The standard InChI is InChI=1S/C21H27FN4O/c1-15-19(14-24-26(15)18-8-4-7-17(22)12-18)21(27)23-13-16-6-5-11-25-10-3-2-9-20(16)25/h4,7-8,12,14,16,20H,2-3,5-6,9-11,13H2,1H3,(H,23,27)/t16-,20-/m0/s1. The molecule has 2 aliphatic rings. The van der Waals surface area contributed by atoms with Crippen molar-refractivity contribution in [2.24, 2.45) is 5.92 Å². The lowest BCUT2D eigenvalue weighted by atomic mass is 9.83. The number of piperidine rings is 2. The third kappa shape index (κ3) is 3.76. The number of rotatable bonds is 4. The van der Waals surface area contributed by atoms with Crippen molar-refractivity contribution in [1.29, 1.82) is 0 Å². The summed E-state index contributed by atoms with van der Waals surface area (Å²) in [7, 11) is 0. The molecule has 1 aromatic heterocycles. The minimum atomic E-state index is -0.317. The molecule has 1 N–H and O–H groups in total. The van der Waals surface area contributed by atoms with Gasteiger partial charge in [0.15, 0.2) is 0 Å². The Morgan fingerprint density at radius 2 is 2.11 bits per heavy atom. The van der Waals surface area contributed by atoms with Crippen molar-refractivity contribution >= 4 is 5.91 Å². The van der Waals surface area contributed by atoms with Crippen LogP contribution in [-0.4, -0.2) is 46.3 Å². The maximum atomic E-state index is 13.5. The van der Waals surface area contributed by atoms with E-state index in [1.54, 1.807) is 23.0 Å². The Morgan fingerprint density at radius 1 is 1.26 bits per heavy atom. The van der Waals surface area contributed by atoms with Crippen LogP contribution in [0.15, 0.2) is 30.5 Å². The monoisotopic (exact) mass is 370 g/mol. The van der Waals surface area contributed by atoms with E-state index in [1.165, 1.54) is 57.3 Å². The second-order valence-electron chi connectivity index (χ2n) is 7.75. The highest BCUT2D eigenvalue weighted by Crippen LogP contribution is 2.30.